The van der Waals surface area contributed by atoms with Crippen LogP contribution in [-0.4, -0.2) is 28.9 Å². The number of imidazole rings is 1. The van der Waals surface area contributed by atoms with Crippen molar-refractivity contribution in [3.05, 3.63) is 45.9 Å². The van der Waals surface area contributed by atoms with Gasteiger partial charge in [-0.25, -0.2) is 9.78 Å². The molecular weight excluding hydrogens is 324 g/mol. The molecule has 5 nitrogen and oxygen atoms in total. The second-order valence-corrected chi connectivity index (χ2v) is 5.61. The van der Waals surface area contributed by atoms with Gasteiger partial charge in [-0.1, -0.05) is 40.8 Å². The minimum absolute atomic E-state index is 0.174. The van der Waals surface area contributed by atoms with E-state index in [2.05, 4.69) is 15.3 Å². The Hall–Kier alpha value is -2.18. The molecule has 3 rings (SSSR count). The number of nitrogens with one attached hydrogen (secondary N) is 2. The minimum atomic E-state index is -1.01. The van der Waals surface area contributed by atoms with Crippen molar-refractivity contribution in [1.29, 1.82) is 0 Å². The number of aromatic amines is 1. The number of hydrogen-bond donors (Lipinski definition) is 3. The predicted molar refractivity (Wildman–Crippen MR) is 91.0 cm³/mol. The standard InChI is InChI=1S/C14H10BCl2N3O2/c15-6-4-7(13(21)22)12-10(5-6)19-14(20-12)18-9-3-1-2-8(16)11(9)17/h1-5H,15H2,(H,21,22)(H2,18,19,20). The molecular formula is C14H10BCl2N3O2. The Morgan fingerprint density at radius 3 is 2.82 bits per heavy atom. The number of rotatable bonds is 3. The van der Waals surface area contributed by atoms with Gasteiger partial charge in [-0.15, -0.1) is 0 Å². The van der Waals surface area contributed by atoms with Gasteiger partial charge in [0, 0.05) is 0 Å². The SMILES string of the molecule is Bc1cc(C(=O)O)c2[nH]c(Nc3cccc(Cl)c3Cl)nc2c1. The fourth-order valence-corrected chi connectivity index (χ4v) is 2.56. The maximum atomic E-state index is 11.3. The number of halogens is 2. The Morgan fingerprint density at radius 2 is 2.09 bits per heavy atom. The summed E-state index contributed by atoms with van der Waals surface area (Å²) >= 11 is 12.1. The Labute approximate surface area is 136 Å². The van der Waals surface area contributed by atoms with Gasteiger partial charge >= 0.3 is 5.97 Å². The molecule has 0 aliphatic heterocycles. The van der Waals surface area contributed by atoms with Crippen LogP contribution in [0.15, 0.2) is 30.3 Å². The number of H-pyrrole nitrogens is 1. The Morgan fingerprint density at radius 1 is 1.32 bits per heavy atom. The molecule has 0 spiro atoms. The lowest BCUT2D eigenvalue weighted by Gasteiger charge is -2.06. The monoisotopic (exact) mass is 333 g/mol. The molecule has 0 saturated carbocycles. The highest BCUT2D eigenvalue weighted by Gasteiger charge is 2.14. The second kappa shape index (κ2) is 5.55. The average molecular weight is 334 g/mol. The van der Waals surface area contributed by atoms with Gasteiger partial charge in [0.1, 0.15) is 7.85 Å². The third kappa shape index (κ3) is 2.63. The van der Waals surface area contributed by atoms with E-state index in [1.807, 2.05) is 13.9 Å². The highest BCUT2D eigenvalue weighted by Crippen LogP contribution is 2.31. The lowest BCUT2D eigenvalue weighted by molar-refractivity contribution is 0.0699. The number of aromatic nitrogens is 2. The third-order valence-corrected chi connectivity index (χ3v) is 3.99. The van der Waals surface area contributed by atoms with Crippen LogP contribution in [0.2, 0.25) is 10.0 Å². The first kappa shape index (κ1) is 14.7. The van der Waals surface area contributed by atoms with Gasteiger partial charge in [-0.2, -0.15) is 0 Å². The number of fused-ring (bicyclic) bond motifs is 1. The molecule has 2 aromatic carbocycles. The first-order valence-corrected chi connectivity index (χ1v) is 7.16. The number of hydrogen-bond acceptors (Lipinski definition) is 3. The number of aromatic carboxylic acids is 1. The molecule has 0 unspecified atom stereocenters. The Kier molecular flexibility index (Phi) is 3.72. The van der Waals surface area contributed by atoms with Gasteiger partial charge < -0.3 is 15.4 Å². The predicted octanol–water partition coefficient (Wildman–Crippen LogP) is 2.57. The molecule has 0 radical (unpaired) electrons. The molecule has 0 bridgehead atoms. The van der Waals surface area contributed by atoms with Gasteiger partial charge in [0.25, 0.3) is 0 Å². The van der Waals surface area contributed by atoms with Crippen molar-refractivity contribution >= 4 is 65.1 Å². The maximum Gasteiger partial charge on any atom is 0.337 e. The molecule has 3 N–H and O–H groups in total. The lowest BCUT2D eigenvalue weighted by Crippen LogP contribution is -2.07. The number of nitrogens with zero attached hydrogens (tertiary/aromatic N) is 1. The van der Waals surface area contributed by atoms with Crippen molar-refractivity contribution in [2.75, 3.05) is 5.32 Å². The van der Waals surface area contributed by atoms with Gasteiger partial charge in [-0.3, -0.25) is 0 Å². The van der Waals surface area contributed by atoms with Crippen molar-refractivity contribution in [3.8, 4) is 0 Å². The van der Waals surface area contributed by atoms with Crippen LogP contribution in [-0.2, 0) is 0 Å². The van der Waals surface area contributed by atoms with Gasteiger partial charge in [-0.05, 0) is 18.2 Å². The smallest absolute Gasteiger partial charge is 0.337 e. The van der Waals surface area contributed by atoms with E-state index < -0.39 is 5.97 Å². The van der Waals surface area contributed by atoms with E-state index in [1.54, 1.807) is 24.3 Å². The van der Waals surface area contributed by atoms with Crippen molar-refractivity contribution in [1.82, 2.24) is 9.97 Å². The summed E-state index contributed by atoms with van der Waals surface area (Å²) in [7, 11) is 1.82. The van der Waals surface area contributed by atoms with Crippen LogP contribution in [0.1, 0.15) is 10.4 Å². The summed E-state index contributed by atoms with van der Waals surface area (Å²) in [5.74, 6) is -0.614. The van der Waals surface area contributed by atoms with E-state index in [4.69, 9.17) is 23.2 Å². The molecule has 0 saturated heterocycles. The van der Waals surface area contributed by atoms with Gasteiger partial charge in [0.05, 0.1) is 32.3 Å². The molecule has 0 fully saturated rings. The topological polar surface area (TPSA) is 78.0 Å². The van der Waals surface area contributed by atoms with E-state index in [0.717, 1.165) is 5.46 Å². The summed E-state index contributed by atoms with van der Waals surface area (Å²) in [4.78, 5) is 18.6. The van der Waals surface area contributed by atoms with Crippen molar-refractivity contribution in [3.63, 3.8) is 0 Å². The normalized spacial score (nSPS) is 10.8. The fraction of sp³-hybridized carbons (Fsp3) is 0. The zero-order chi connectivity index (χ0) is 15.9. The van der Waals surface area contributed by atoms with E-state index in [9.17, 15) is 9.90 Å². The molecule has 1 heterocycles. The molecule has 0 atom stereocenters. The molecule has 0 aliphatic rings. The van der Waals surface area contributed by atoms with Crippen molar-refractivity contribution < 1.29 is 9.90 Å². The lowest BCUT2D eigenvalue weighted by atomic mass is 9.93. The summed E-state index contributed by atoms with van der Waals surface area (Å²) in [6.07, 6.45) is 0. The number of benzene rings is 2. The number of carboxylic acid groups (broad SMARTS) is 1. The summed E-state index contributed by atoms with van der Waals surface area (Å²) in [5, 5.41) is 13.1. The molecule has 110 valence electrons. The quantitative estimate of drug-likeness (QED) is 0.644. The van der Waals surface area contributed by atoms with E-state index >= 15 is 0 Å². The number of anilines is 2. The average Bonchev–Trinajstić information content (AvgIpc) is 2.85. The molecule has 3 aromatic rings. The van der Waals surface area contributed by atoms with Crippen molar-refractivity contribution in [2.24, 2.45) is 0 Å². The van der Waals surface area contributed by atoms with Crippen LogP contribution in [0, 0.1) is 0 Å². The van der Waals surface area contributed by atoms with E-state index in [-0.39, 0.29) is 5.56 Å². The van der Waals surface area contributed by atoms with Crippen LogP contribution >= 0.6 is 23.2 Å². The molecule has 22 heavy (non-hydrogen) atoms. The zero-order valence-electron chi connectivity index (χ0n) is 11.4. The maximum absolute atomic E-state index is 11.3. The summed E-state index contributed by atoms with van der Waals surface area (Å²) in [6, 6.07) is 8.60. The molecule has 8 heteroatoms. The molecule has 1 aromatic heterocycles. The Balaban J connectivity index is 2.07. The largest absolute Gasteiger partial charge is 0.478 e. The van der Waals surface area contributed by atoms with E-state index in [1.165, 1.54) is 0 Å². The Bertz CT molecular complexity index is 895. The van der Waals surface area contributed by atoms with Gasteiger partial charge in [0.15, 0.2) is 0 Å². The number of carboxylic acids is 1. The number of carbonyl (C=O) groups is 1. The first-order valence-electron chi connectivity index (χ1n) is 6.40. The zero-order valence-corrected chi connectivity index (χ0v) is 13.0. The molecule has 0 amide bonds. The molecule has 0 aliphatic carbocycles. The van der Waals surface area contributed by atoms with Crippen molar-refractivity contribution in [2.45, 2.75) is 0 Å². The minimum Gasteiger partial charge on any atom is -0.478 e. The van der Waals surface area contributed by atoms with E-state index in [0.29, 0.717) is 32.7 Å². The second-order valence-electron chi connectivity index (χ2n) is 4.82. The summed E-state index contributed by atoms with van der Waals surface area (Å²) in [6.45, 7) is 0. The van der Waals surface area contributed by atoms with Crippen LogP contribution < -0.4 is 10.8 Å². The summed E-state index contributed by atoms with van der Waals surface area (Å²) < 4.78 is 0. The highest BCUT2D eigenvalue weighted by molar-refractivity contribution is 6.43. The van der Waals surface area contributed by atoms with Crippen LogP contribution in [0.25, 0.3) is 11.0 Å². The van der Waals surface area contributed by atoms with Gasteiger partial charge in [0.2, 0.25) is 5.95 Å². The highest BCUT2D eigenvalue weighted by atomic mass is 35.5. The van der Waals surface area contributed by atoms with Crippen LogP contribution in [0.5, 0.6) is 0 Å². The first-order chi connectivity index (χ1) is 10.5. The van der Waals surface area contributed by atoms with Crippen LogP contribution in [0.3, 0.4) is 0 Å². The fourth-order valence-electron chi connectivity index (χ4n) is 2.21. The summed E-state index contributed by atoms with van der Waals surface area (Å²) in [5.41, 5.74) is 2.61. The third-order valence-electron chi connectivity index (χ3n) is 3.17. The van der Waals surface area contributed by atoms with Crippen LogP contribution in [0.4, 0.5) is 11.6 Å².